The Labute approximate surface area is 75.5 Å². The number of aliphatic carboxylic acids is 1. The zero-order chi connectivity index (χ0) is 8.27. The fourth-order valence-corrected chi connectivity index (χ4v) is 3.20. The summed E-state index contributed by atoms with van der Waals surface area (Å²) in [7, 11) is 0. The third kappa shape index (κ3) is 2.69. The second-order valence-corrected chi connectivity index (χ2v) is 5.47. The molecule has 1 atom stereocenters. The molecule has 11 heavy (non-hydrogen) atoms. The summed E-state index contributed by atoms with van der Waals surface area (Å²) in [5, 5.41) is 8.61. The van der Waals surface area contributed by atoms with E-state index in [1.807, 2.05) is 6.07 Å². The fourth-order valence-electron chi connectivity index (χ4n) is 0.818. The van der Waals surface area contributed by atoms with Crippen molar-refractivity contribution in [2.24, 2.45) is 5.92 Å². The van der Waals surface area contributed by atoms with Crippen molar-refractivity contribution in [3.8, 4) is 0 Å². The van der Waals surface area contributed by atoms with Crippen molar-refractivity contribution < 1.29 is 9.90 Å². The molecule has 1 aromatic rings. The second kappa shape index (κ2) is 3.94. The molecule has 0 aliphatic rings. The van der Waals surface area contributed by atoms with Crippen LogP contribution >= 0.6 is 0 Å². The standard InChI is InChI=1S/C8H10O2Te/c1-6(8(9)10)5-7-3-2-4-11-7/h2-4,6H,5H2,1H3,(H,9,10)/t6-/m0/s1. The van der Waals surface area contributed by atoms with Crippen LogP contribution in [0.1, 0.15) is 10.5 Å². The van der Waals surface area contributed by atoms with Gasteiger partial charge in [0.05, 0.1) is 0 Å². The van der Waals surface area contributed by atoms with Gasteiger partial charge in [-0.05, 0) is 0 Å². The first-order valence-electron chi connectivity index (χ1n) is 3.45. The molecule has 1 aromatic heterocycles. The molecule has 0 saturated heterocycles. The first kappa shape index (κ1) is 8.83. The van der Waals surface area contributed by atoms with Crippen molar-refractivity contribution in [1.82, 2.24) is 0 Å². The first-order valence-corrected chi connectivity index (χ1v) is 5.96. The Bertz CT molecular complexity index is 228. The van der Waals surface area contributed by atoms with Gasteiger partial charge < -0.3 is 0 Å². The predicted octanol–water partition coefficient (Wildman–Crippen LogP) is 1.01. The van der Waals surface area contributed by atoms with Crippen LogP contribution in [0.15, 0.2) is 16.2 Å². The van der Waals surface area contributed by atoms with Crippen LogP contribution in [0, 0.1) is 5.92 Å². The van der Waals surface area contributed by atoms with Gasteiger partial charge in [-0.2, -0.15) is 0 Å². The fraction of sp³-hybridized carbons (Fsp3) is 0.375. The Morgan fingerprint density at radius 1 is 1.82 bits per heavy atom. The van der Waals surface area contributed by atoms with Crippen LogP contribution < -0.4 is 0 Å². The van der Waals surface area contributed by atoms with Crippen molar-refractivity contribution in [1.29, 1.82) is 0 Å². The van der Waals surface area contributed by atoms with Crippen LogP contribution in [-0.2, 0) is 11.2 Å². The number of hydrogen-bond acceptors (Lipinski definition) is 1. The zero-order valence-corrected chi connectivity index (χ0v) is 8.61. The van der Waals surface area contributed by atoms with Crippen molar-refractivity contribution in [2.75, 3.05) is 0 Å². The number of carboxylic acid groups (broad SMARTS) is 1. The van der Waals surface area contributed by atoms with E-state index in [1.165, 1.54) is 3.58 Å². The van der Waals surface area contributed by atoms with Gasteiger partial charge in [-0.25, -0.2) is 0 Å². The van der Waals surface area contributed by atoms with Crippen molar-refractivity contribution in [3.05, 3.63) is 19.8 Å². The minimum atomic E-state index is -0.690. The molecular formula is C8H10O2Te. The molecule has 0 aliphatic carbocycles. The summed E-state index contributed by atoms with van der Waals surface area (Å²) < 4.78 is 3.53. The number of carbonyl (C=O) groups is 1. The Morgan fingerprint density at radius 3 is 3.00 bits per heavy atom. The SMILES string of the molecule is C[C@@H](Cc1ccc[te]1)C(=O)O. The van der Waals surface area contributed by atoms with Gasteiger partial charge in [0.1, 0.15) is 0 Å². The normalized spacial score (nSPS) is 12.8. The van der Waals surface area contributed by atoms with Gasteiger partial charge >= 0.3 is 75.4 Å². The summed E-state index contributed by atoms with van der Waals surface area (Å²) in [4.78, 5) is 10.5. The number of rotatable bonds is 3. The monoisotopic (exact) mass is 268 g/mol. The maximum absolute atomic E-state index is 10.5. The van der Waals surface area contributed by atoms with Gasteiger partial charge in [-0.1, -0.05) is 0 Å². The second-order valence-electron chi connectivity index (χ2n) is 2.52. The molecule has 1 rings (SSSR count). The molecule has 0 unspecified atom stereocenters. The van der Waals surface area contributed by atoms with Crippen LogP contribution in [0.25, 0.3) is 0 Å². The summed E-state index contributed by atoms with van der Waals surface area (Å²) in [5.41, 5.74) is 0. The molecule has 0 saturated carbocycles. The van der Waals surface area contributed by atoms with E-state index < -0.39 is 5.97 Å². The van der Waals surface area contributed by atoms with Gasteiger partial charge in [0.2, 0.25) is 0 Å². The average Bonchev–Trinajstić information content (AvgIpc) is 2.39. The van der Waals surface area contributed by atoms with E-state index in [1.54, 1.807) is 6.92 Å². The zero-order valence-electron chi connectivity index (χ0n) is 6.28. The van der Waals surface area contributed by atoms with Crippen LogP contribution in [0.4, 0.5) is 0 Å². The molecule has 0 bridgehead atoms. The van der Waals surface area contributed by atoms with Crippen molar-refractivity contribution >= 4 is 26.4 Å². The van der Waals surface area contributed by atoms with Crippen molar-refractivity contribution in [3.63, 3.8) is 0 Å². The summed E-state index contributed by atoms with van der Waals surface area (Å²) in [6, 6.07) is 4.09. The summed E-state index contributed by atoms with van der Waals surface area (Å²) >= 11 is -0.128. The van der Waals surface area contributed by atoms with Gasteiger partial charge in [-0.3, -0.25) is 0 Å². The molecule has 60 valence electrons. The molecule has 0 spiro atoms. The van der Waals surface area contributed by atoms with E-state index in [2.05, 4.69) is 10.1 Å². The molecule has 0 amide bonds. The summed E-state index contributed by atoms with van der Waals surface area (Å²) in [5.74, 6) is -0.906. The number of hydrogen-bond donors (Lipinski definition) is 1. The molecule has 3 heteroatoms. The molecule has 1 N–H and O–H groups in total. The molecule has 2 nitrogen and oxygen atoms in total. The van der Waals surface area contributed by atoms with E-state index in [9.17, 15) is 4.79 Å². The van der Waals surface area contributed by atoms with Gasteiger partial charge in [0, 0.05) is 0 Å². The van der Waals surface area contributed by atoms with Crippen LogP contribution in [0.3, 0.4) is 0 Å². The molecule has 0 fully saturated rings. The Morgan fingerprint density at radius 2 is 2.55 bits per heavy atom. The van der Waals surface area contributed by atoms with E-state index in [-0.39, 0.29) is 26.3 Å². The molecule has 0 aliphatic heterocycles. The quantitative estimate of drug-likeness (QED) is 0.829. The molecular weight excluding hydrogens is 256 g/mol. The van der Waals surface area contributed by atoms with Crippen LogP contribution in [-0.4, -0.2) is 31.5 Å². The Kier molecular flexibility index (Phi) is 3.16. The summed E-state index contributed by atoms with van der Waals surface area (Å²) in [6.45, 7) is 1.76. The van der Waals surface area contributed by atoms with Gasteiger partial charge in [0.15, 0.2) is 0 Å². The Hall–Kier alpha value is -0.260. The van der Waals surface area contributed by atoms with Crippen molar-refractivity contribution in [2.45, 2.75) is 13.3 Å². The maximum atomic E-state index is 10.5. The number of carboxylic acids is 1. The van der Waals surface area contributed by atoms with E-state index in [0.29, 0.717) is 0 Å². The third-order valence-electron chi connectivity index (χ3n) is 1.51. The van der Waals surface area contributed by atoms with Gasteiger partial charge in [0.25, 0.3) is 0 Å². The van der Waals surface area contributed by atoms with Gasteiger partial charge in [-0.15, -0.1) is 0 Å². The topological polar surface area (TPSA) is 37.3 Å². The molecule has 0 radical (unpaired) electrons. The average molecular weight is 266 g/mol. The molecule has 0 aromatic carbocycles. The Balaban J connectivity index is 2.50. The summed E-state index contributed by atoms with van der Waals surface area (Å²) in [6.07, 6.45) is 0.741. The van der Waals surface area contributed by atoms with Crippen LogP contribution in [0.5, 0.6) is 0 Å². The predicted molar refractivity (Wildman–Crippen MR) is 43.9 cm³/mol. The first-order chi connectivity index (χ1) is 5.20. The molecule has 1 heterocycles. The van der Waals surface area contributed by atoms with Crippen LogP contribution in [0.2, 0.25) is 0 Å². The van der Waals surface area contributed by atoms with E-state index >= 15 is 0 Å². The van der Waals surface area contributed by atoms with E-state index in [0.717, 1.165) is 6.42 Å². The third-order valence-corrected chi connectivity index (χ3v) is 4.07. The van der Waals surface area contributed by atoms with E-state index in [4.69, 9.17) is 5.11 Å². The minimum absolute atomic E-state index is 0.128.